The molecule has 1 aromatic heterocycles. The predicted octanol–water partition coefficient (Wildman–Crippen LogP) is 0.372. The third-order valence-electron chi connectivity index (χ3n) is 4.89. The first-order valence-electron chi connectivity index (χ1n) is 8.82. The van der Waals surface area contributed by atoms with Crippen molar-refractivity contribution < 1.29 is 18.3 Å². The summed E-state index contributed by atoms with van der Waals surface area (Å²) in [5, 5.41) is 18.2. The topological polar surface area (TPSA) is 127 Å². The van der Waals surface area contributed by atoms with Crippen LogP contribution in [0.15, 0.2) is 48.7 Å². The van der Waals surface area contributed by atoms with Crippen molar-refractivity contribution in [1.82, 2.24) is 15.1 Å². The summed E-state index contributed by atoms with van der Waals surface area (Å²) in [6.07, 6.45) is 0.953. The highest BCUT2D eigenvalue weighted by atomic mass is 32.2. The summed E-state index contributed by atoms with van der Waals surface area (Å²) >= 11 is 0. The van der Waals surface area contributed by atoms with E-state index >= 15 is 0 Å². The number of hydrogen-bond donors (Lipinski definition) is 3. The number of aliphatic hydroxyl groups is 1. The fourth-order valence-corrected chi connectivity index (χ4v) is 5.19. The molecule has 0 spiro atoms. The normalized spacial score (nSPS) is 21.2. The Kier molecular flexibility index (Phi) is 4.66. The summed E-state index contributed by atoms with van der Waals surface area (Å²) < 4.78 is 24.8. The van der Waals surface area contributed by atoms with Crippen LogP contribution < -0.4 is 11.1 Å². The molecule has 1 fully saturated rings. The lowest BCUT2D eigenvalue weighted by Gasteiger charge is -2.15. The van der Waals surface area contributed by atoms with Gasteiger partial charge in [0.25, 0.3) is 5.91 Å². The maximum atomic E-state index is 11.6. The van der Waals surface area contributed by atoms with Gasteiger partial charge in [0.2, 0.25) is 0 Å². The van der Waals surface area contributed by atoms with Gasteiger partial charge in [-0.25, -0.2) is 13.1 Å². The molecule has 2 heterocycles. The van der Waals surface area contributed by atoms with Crippen molar-refractivity contribution in [1.29, 1.82) is 0 Å². The Morgan fingerprint density at radius 1 is 1.21 bits per heavy atom. The fourth-order valence-electron chi connectivity index (χ4n) is 3.42. The lowest BCUT2D eigenvalue weighted by molar-refractivity contribution is 0.100. The van der Waals surface area contributed by atoms with Gasteiger partial charge in [-0.05, 0) is 23.8 Å². The first-order valence-corrected chi connectivity index (χ1v) is 10.6. The molecule has 0 saturated carbocycles. The Morgan fingerprint density at radius 3 is 2.61 bits per heavy atom. The number of primary amides is 1. The van der Waals surface area contributed by atoms with Crippen LogP contribution in [-0.2, 0) is 16.4 Å². The van der Waals surface area contributed by atoms with E-state index in [1.54, 1.807) is 16.8 Å². The highest BCUT2D eigenvalue weighted by molar-refractivity contribution is 7.91. The molecule has 146 valence electrons. The van der Waals surface area contributed by atoms with Crippen LogP contribution >= 0.6 is 0 Å². The van der Waals surface area contributed by atoms with Gasteiger partial charge in [0.15, 0.2) is 9.84 Å². The lowest BCUT2D eigenvalue weighted by atomic mass is 10.1. The number of rotatable bonds is 5. The third kappa shape index (κ3) is 3.64. The van der Waals surface area contributed by atoms with E-state index in [1.807, 2.05) is 36.5 Å². The zero-order valence-corrected chi connectivity index (χ0v) is 15.8. The molecule has 4 N–H and O–H groups in total. The van der Waals surface area contributed by atoms with Gasteiger partial charge in [0, 0.05) is 24.2 Å². The number of aliphatic hydroxyl groups excluding tert-OH is 1. The number of nitrogens with one attached hydrogen (secondary N) is 1. The van der Waals surface area contributed by atoms with Gasteiger partial charge in [-0.15, -0.1) is 0 Å². The van der Waals surface area contributed by atoms with Crippen molar-refractivity contribution in [2.45, 2.75) is 18.7 Å². The maximum Gasteiger partial charge on any atom is 0.250 e. The number of benzene rings is 2. The number of fused-ring (bicyclic) bond motifs is 1. The molecule has 0 radical (unpaired) electrons. The summed E-state index contributed by atoms with van der Waals surface area (Å²) in [5.41, 5.74) is 8.11. The second kappa shape index (κ2) is 7.01. The van der Waals surface area contributed by atoms with Gasteiger partial charge < -0.3 is 16.2 Å². The van der Waals surface area contributed by atoms with Crippen molar-refractivity contribution in [2.75, 3.05) is 11.5 Å². The number of aromatic nitrogens is 2. The van der Waals surface area contributed by atoms with Crippen LogP contribution in [0.3, 0.4) is 0 Å². The van der Waals surface area contributed by atoms with Gasteiger partial charge in [-0.3, -0.25) is 4.79 Å². The highest BCUT2D eigenvalue weighted by Crippen LogP contribution is 2.20. The van der Waals surface area contributed by atoms with E-state index in [2.05, 4.69) is 10.4 Å². The molecule has 1 amide bonds. The molecule has 1 aliphatic heterocycles. The van der Waals surface area contributed by atoms with Crippen LogP contribution in [0.4, 0.5) is 0 Å². The number of nitrogens with zero attached hydrogens (tertiary/aromatic N) is 2. The molecule has 2 aromatic carbocycles. The van der Waals surface area contributed by atoms with Crippen LogP contribution in [0.5, 0.6) is 0 Å². The first kappa shape index (κ1) is 18.6. The minimum absolute atomic E-state index is 0.0473. The Hall–Kier alpha value is -2.75. The van der Waals surface area contributed by atoms with Crippen LogP contribution in [0.1, 0.15) is 15.9 Å². The molecule has 2 atom stereocenters. The van der Waals surface area contributed by atoms with E-state index in [1.165, 1.54) is 0 Å². The number of sulfone groups is 1. The van der Waals surface area contributed by atoms with E-state index < -0.39 is 27.9 Å². The molecule has 8 nitrogen and oxygen atoms in total. The highest BCUT2D eigenvalue weighted by Gasteiger charge is 2.35. The molecule has 4 rings (SSSR count). The Balaban J connectivity index is 1.50. The molecular weight excluding hydrogens is 380 g/mol. The van der Waals surface area contributed by atoms with Crippen LogP contribution in [0.25, 0.3) is 16.6 Å². The van der Waals surface area contributed by atoms with E-state index in [0.717, 1.165) is 16.6 Å². The molecule has 28 heavy (non-hydrogen) atoms. The van der Waals surface area contributed by atoms with E-state index in [4.69, 9.17) is 5.73 Å². The number of nitrogens with two attached hydrogens (primary N) is 1. The minimum atomic E-state index is -3.17. The smallest absolute Gasteiger partial charge is 0.250 e. The maximum absolute atomic E-state index is 11.6. The minimum Gasteiger partial charge on any atom is -0.390 e. The summed E-state index contributed by atoms with van der Waals surface area (Å²) in [6.45, 7) is 0.449. The average molecular weight is 400 g/mol. The van der Waals surface area contributed by atoms with Crippen molar-refractivity contribution >= 4 is 26.6 Å². The van der Waals surface area contributed by atoms with Gasteiger partial charge in [-0.1, -0.05) is 24.3 Å². The van der Waals surface area contributed by atoms with E-state index in [-0.39, 0.29) is 11.5 Å². The number of amides is 1. The monoisotopic (exact) mass is 400 g/mol. The molecule has 9 heteroatoms. The summed E-state index contributed by atoms with van der Waals surface area (Å²) in [5.74, 6) is -0.758. The Morgan fingerprint density at radius 2 is 1.96 bits per heavy atom. The largest absolute Gasteiger partial charge is 0.390 e. The first-order chi connectivity index (χ1) is 13.3. The number of hydrogen-bond acceptors (Lipinski definition) is 6. The number of carbonyl (C=O) groups excluding carboxylic acids is 1. The molecule has 1 aliphatic rings. The van der Waals surface area contributed by atoms with Crippen molar-refractivity contribution in [3.8, 4) is 5.69 Å². The van der Waals surface area contributed by atoms with Crippen LogP contribution in [-0.4, -0.2) is 52.9 Å². The zero-order chi connectivity index (χ0) is 19.9. The van der Waals surface area contributed by atoms with E-state index in [9.17, 15) is 18.3 Å². The van der Waals surface area contributed by atoms with Gasteiger partial charge >= 0.3 is 0 Å². The molecule has 0 bridgehead atoms. The van der Waals surface area contributed by atoms with Gasteiger partial charge in [0.05, 0.1) is 28.9 Å². The molecule has 3 aromatic rings. The van der Waals surface area contributed by atoms with Crippen molar-refractivity contribution in [2.24, 2.45) is 5.73 Å². The van der Waals surface area contributed by atoms with Crippen LogP contribution in [0.2, 0.25) is 0 Å². The third-order valence-corrected chi connectivity index (χ3v) is 6.61. The van der Waals surface area contributed by atoms with E-state index in [0.29, 0.717) is 17.6 Å². The van der Waals surface area contributed by atoms with Crippen molar-refractivity contribution in [3.63, 3.8) is 0 Å². The summed E-state index contributed by atoms with van der Waals surface area (Å²) in [4.78, 5) is 11.6. The molecule has 0 aliphatic carbocycles. The Labute approximate surface area is 161 Å². The fraction of sp³-hybridized carbons (Fsp3) is 0.263. The standard InChI is InChI=1S/C19H20N4O4S/c20-19(25)15-3-1-2-13-9-23(22-18(13)15)14-6-4-12(5-7-14)8-21-16-10-28(26,27)11-17(16)24/h1-7,9,16-17,21,24H,8,10-11H2,(H2,20,25)/t16-,17-/m1/s1. The average Bonchev–Trinajstić information content (AvgIpc) is 3.19. The molecular formula is C19H20N4O4S. The zero-order valence-electron chi connectivity index (χ0n) is 14.9. The second-order valence-electron chi connectivity index (χ2n) is 6.98. The molecule has 1 saturated heterocycles. The Bertz CT molecular complexity index is 1140. The summed E-state index contributed by atoms with van der Waals surface area (Å²) in [6, 6.07) is 12.4. The molecule has 0 unspecified atom stereocenters. The predicted molar refractivity (Wildman–Crippen MR) is 105 cm³/mol. The SMILES string of the molecule is NC(=O)c1cccc2cn(-c3ccc(CN[C@@H]4CS(=O)(=O)C[C@H]4O)cc3)nc12. The quantitative estimate of drug-likeness (QED) is 0.568. The lowest BCUT2D eigenvalue weighted by Crippen LogP contribution is -2.38. The van der Waals surface area contributed by atoms with Gasteiger partial charge in [-0.2, -0.15) is 5.10 Å². The van der Waals surface area contributed by atoms with Crippen LogP contribution in [0, 0.1) is 0 Å². The van der Waals surface area contributed by atoms with Gasteiger partial charge in [0.1, 0.15) is 5.52 Å². The summed E-state index contributed by atoms with van der Waals surface area (Å²) in [7, 11) is -3.17. The van der Waals surface area contributed by atoms with Crippen molar-refractivity contribution in [3.05, 3.63) is 59.8 Å². The second-order valence-corrected chi connectivity index (χ2v) is 9.13. The number of carbonyl (C=O) groups is 1.